The minimum Gasteiger partial charge on any atom is -0.387 e. The second-order valence-electron chi connectivity index (χ2n) is 4.83. The first-order chi connectivity index (χ1) is 8.61. The van der Waals surface area contributed by atoms with Crippen molar-refractivity contribution < 1.29 is 0 Å². The molecular weight excluding hydrogens is 267 g/mol. The molecule has 0 radical (unpaired) electrons. The fraction of sp³-hybridized carbons (Fsp3) is 0.357. The zero-order chi connectivity index (χ0) is 12.9. The van der Waals surface area contributed by atoms with Crippen molar-refractivity contribution in [2.24, 2.45) is 0 Å². The van der Waals surface area contributed by atoms with E-state index in [0.29, 0.717) is 10.9 Å². The first kappa shape index (κ1) is 12.1. The Morgan fingerprint density at radius 1 is 1.28 bits per heavy atom. The molecule has 1 aromatic heterocycles. The molecule has 0 unspecified atom stereocenters. The Kier molecular flexibility index (Phi) is 2.87. The van der Waals surface area contributed by atoms with Crippen LogP contribution < -0.4 is 5.32 Å². The van der Waals surface area contributed by atoms with Crippen molar-refractivity contribution in [1.29, 1.82) is 0 Å². The fourth-order valence-corrected chi connectivity index (χ4v) is 2.81. The Morgan fingerprint density at radius 2 is 2.00 bits per heavy atom. The summed E-state index contributed by atoms with van der Waals surface area (Å²) in [6.07, 6.45) is 2.44. The lowest BCUT2D eigenvalue weighted by molar-refractivity contribution is 1.04. The van der Waals surface area contributed by atoms with Crippen LogP contribution in [0.1, 0.15) is 30.0 Å². The zero-order valence-electron chi connectivity index (χ0n) is 10.3. The third-order valence-electron chi connectivity index (χ3n) is 3.44. The van der Waals surface area contributed by atoms with E-state index in [0.717, 1.165) is 32.9 Å². The molecule has 1 aromatic carbocycles. The van der Waals surface area contributed by atoms with Crippen molar-refractivity contribution in [3.05, 3.63) is 33.4 Å². The number of anilines is 1. The van der Waals surface area contributed by atoms with Gasteiger partial charge in [0.15, 0.2) is 0 Å². The summed E-state index contributed by atoms with van der Waals surface area (Å²) in [5, 5.41) is 5.53. The van der Waals surface area contributed by atoms with Gasteiger partial charge >= 0.3 is 0 Å². The minimum absolute atomic E-state index is 0.595. The Bertz CT molecular complexity index is 633. The van der Waals surface area contributed by atoms with Gasteiger partial charge < -0.3 is 5.32 Å². The molecule has 0 bridgehead atoms. The second-order valence-corrected chi connectivity index (χ2v) is 5.62. The van der Waals surface area contributed by atoms with Gasteiger partial charge in [0.2, 0.25) is 0 Å². The predicted molar refractivity (Wildman–Crippen MR) is 78.0 cm³/mol. The van der Waals surface area contributed by atoms with Gasteiger partial charge in [-0.2, -0.15) is 0 Å². The third-order valence-corrected chi connectivity index (χ3v) is 4.21. The summed E-state index contributed by atoms with van der Waals surface area (Å²) >= 11 is 12.7. The number of pyridine rings is 1. The Hall–Kier alpha value is -0.990. The van der Waals surface area contributed by atoms with Crippen molar-refractivity contribution in [3.63, 3.8) is 0 Å². The van der Waals surface area contributed by atoms with E-state index in [1.165, 1.54) is 12.8 Å². The number of hydrogen-bond acceptors (Lipinski definition) is 2. The Morgan fingerprint density at radius 3 is 2.61 bits per heavy atom. The average Bonchev–Trinajstić information content (AvgIpc) is 3.18. The zero-order valence-corrected chi connectivity index (χ0v) is 11.9. The van der Waals surface area contributed by atoms with Gasteiger partial charge in [-0.05, 0) is 37.5 Å². The molecule has 0 saturated heterocycles. The van der Waals surface area contributed by atoms with Gasteiger partial charge in [0, 0.05) is 29.7 Å². The SMILES string of the molecule is CNc1cc(C2CC2)nc2c(Cl)cc(C)c(Cl)c12. The van der Waals surface area contributed by atoms with Crippen molar-refractivity contribution in [2.45, 2.75) is 25.7 Å². The van der Waals surface area contributed by atoms with E-state index >= 15 is 0 Å². The average molecular weight is 281 g/mol. The molecule has 3 rings (SSSR count). The van der Waals surface area contributed by atoms with Crippen LogP contribution in [0.3, 0.4) is 0 Å². The fourth-order valence-electron chi connectivity index (χ4n) is 2.26. The minimum atomic E-state index is 0.595. The first-order valence-corrected chi connectivity index (χ1v) is 6.84. The normalized spacial score (nSPS) is 15.1. The summed E-state index contributed by atoms with van der Waals surface area (Å²) in [6, 6.07) is 3.98. The standard InChI is InChI=1S/C14H14Cl2N2/c1-7-5-9(15)14-12(13(7)16)11(17-2)6-10(18-14)8-3-4-8/h5-6,8H,3-4H2,1-2H3,(H,17,18). The molecular formula is C14H14Cl2N2. The second kappa shape index (κ2) is 4.29. The number of hydrogen-bond donors (Lipinski definition) is 1. The van der Waals surface area contributed by atoms with Crippen LogP contribution in [0, 0.1) is 6.92 Å². The lowest BCUT2D eigenvalue weighted by Crippen LogP contribution is -1.97. The largest absolute Gasteiger partial charge is 0.387 e. The summed E-state index contributed by atoms with van der Waals surface area (Å²) in [4.78, 5) is 4.69. The van der Waals surface area contributed by atoms with Gasteiger partial charge in [-0.25, -0.2) is 0 Å². The molecule has 2 aromatic rings. The van der Waals surface area contributed by atoms with E-state index in [2.05, 4.69) is 11.4 Å². The smallest absolute Gasteiger partial charge is 0.0927 e. The van der Waals surface area contributed by atoms with Crippen molar-refractivity contribution in [2.75, 3.05) is 12.4 Å². The van der Waals surface area contributed by atoms with Crippen LogP contribution in [0.5, 0.6) is 0 Å². The van der Waals surface area contributed by atoms with E-state index in [1.54, 1.807) is 0 Å². The molecule has 1 N–H and O–H groups in total. The topological polar surface area (TPSA) is 24.9 Å². The van der Waals surface area contributed by atoms with Crippen molar-refractivity contribution in [3.8, 4) is 0 Å². The highest BCUT2D eigenvalue weighted by molar-refractivity contribution is 6.41. The number of aryl methyl sites for hydroxylation is 1. The van der Waals surface area contributed by atoms with E-state index in [4.69, 9.17) is 28.2 Å². The molecule has 0 amide bonds. The van der Waals surface area contributed by atoms with Gasteiger partial charge in [0.25, 0.3) is 0 Å². The van der Waals surface area contributed by atoms with E-state index in [9.17, 15) is 0 Å². The molecule has 1 aliphatic carbocycles. The third kappa shape index (κ3) is 1.84. The molecule has 1 saturated carbocycles. The molecule has 2 nitrogen and oxygen atoms in total. The van der Waals surface area contributed by atoms with Crippen LogP contribution in [0.2, 0.25) is 10.0 Å². The van der Waals surface area contributed by atoms with Crippen LogP contribution in [-0.2, 0) is 0 Å². The van der Waals surface area contributed by atoms with E-state index < -0.39 is 0 Å². The van der Waals surface area contributed by atoms with Crippen LogP contribution >= 0.6 is 23.2 Å². The van der Waals surface area contributed by atoms with Crippen LogP contribution in [0.15, 0.2) is 12.1 Å². The van der Waals surface area contributed by atoms with Gasteiger partial charge in [0.1, 0.15) is 0 Å². The summed E-state index contributed by atoms with van der Waals surface area (Å²) in [6.45, 7) is 1.96. The number of rotatable bonds is 2. The van der Waals surface area contributed by atoms with Gasteiger partial charge in [-0.3, -0.25) is 4.98 Å². The van der Waals surface area contributed by atoms with Gasteiger partial charge in [-0.1, -0.05) is 23.2 Å². The number of nitrogens with zero attached hydrogens (tertiary/aromatic N) is 1. The lowest BCUT2D eigenvalue weighted by atomic mass is 10.1. The van der Waals surface area contributed by atoms with Crippen LogP contribution in [0.25, 0.3) is 10.9 Å². The van der Waals surface area contributed by atoms with Gasteiger partial charge in [0.05, 0.1) is 15.6 Å². The Balaban J connectivity index is 2.38. The monoisotopic (exact) mass is 280 g/mol. The number of nitrogens with one attached hydrogen (secondary N) is 1. The molecule has 18 heavy (non-hydrogen) atoms. The number of halogens is 2. The van der Waals surface area contributed by atoms with E-state index in [-0.39, 0.29) is 0 Å². The quantitative estimate of drug-likeness (QED) is 0.857. The number of benzene rings is 1. The summed E-state index contributed by atoms with van der Waals surface area (Å²) in [7, 11) is 1.90. The summed E-state index contributed by atoms with van der Waals surface area (Å²) < 4.78 is 0. The predicted octanol–water partition coefficient (Wildman–Crippen LogP) is 4.77. The molecule has 1 fully saturated rings. The first-order valence-electron chi connectivity index (χ1n) is 6.09. The summed E-state index contributed by atoms with van der Waals surface area (Å²) in [5.41, 5.74) is 3.92. The van der Waals surface area contributed by atoms with Crippen molar-refractivity contribution in [1.82, 2.24) is 4.98 Å². The molecule has 0 aliphatic heterocycles. The molecule has 94 valence electrons. The van der Waals surface area contributed by atoms with Crippen LogP contribution in [0.4, 0.5) is 5.69 Å². The van der Waals surface area contributed by atoms with E-state index in [1.807, 2.05) is 20.0 Å². The molecule has 1 heterocycles. The van der Waals surface area contributed by atoms with Crippen molar-refractivity contribution >= 4 is 39.8 Å². The number of aromatic nitrogens is 1. The molecule has 0 spiro atoms. The maximum Gasteiger partial charge on any atom is 0.0927 e. The highest BCUT2D eigenvalue weighted by Gasteiger charge is 2.26. The molecule has 4 heteroatoms. The van der Waals surface area contributed by atoms with Gasteiger partial charge in [-0.15, -0.1) is 0 Å². The summed E-state index contributed by atoms with van der Waals surface area (Å²) in [5.74, 6) is 0.595. The lowest BCUT2D eigenvalue weighted by Gasteiger charge is -2.13. The Labute approximate surface area is 116 Å². The number of fused-ring (bicyclic) bond motifs is 1. The molecule has 0 atom stereocenters. The maximum absolute atomic E-state index is 6.39. The highest BCUT2D eigenvalue weighted by Crippen LogP contribution is 2.43. The molecule has 1 aliphatic rings. The maximum atomic E-state index is 6.39. The van der Waals surface area contributed by atoms with Crippen LogP contribution in [-0.4, -0.2) is 12.0 Å². The highest BCUT2D eigenvalue weighted by atomic mass is 35.5.